The number of aliphatic carboxylic acids is 1. The van der Waals surface area contributed by atoms with Gasteiger partial charge in [-0.25, -0.2) is 4.79 Å². The summed E-state index contributed by atoms with van der Waals surface area (Å²) in [7, 11) is 0. The highest BCUT2D eigenvalue weighted by Crippen LogP contribution is 2.49. The third kappa shape index (κ3) is 6.02. The van der Waals surface area contributed by atoms with Crippen LogP contribution in [0.4, 0.5) is 0 Å². The molecule has 0 radical (unpaired) electrons. The van der Waals surface area contributed by atoms with Crippen LogP contribution in [0.1, 0.15) is 110 Å². The Labute approximate surface area is 182 Å². The number of allylic oxidation sites excluding steroid dienone is 1. The first-order valence-corrected chi connectivity index (χ1v) is 11.5. The Morgan fingerprint density at radius 1 is 1.23 bits per heavy atom. The largest absolute Gasteiger partial charge is 0.508 e. The van der Waals surface area contributed by atoms with E-state index in [9.17, 15) is 15.0 Å². The summed E-state index contributed by atoms with van der Waals surface area (Å²) < 4.78 is 6.28. The van der Waals surface area contributed by atoms with Gasteiger partial charge in [0.1, 0.15) is 17.1 Å². The number of phenolic OH excluding ortho intramolecular Hbond substituents is 1. The number of fused-ring (bicyclic) bond motifs is 1. The lowest BCUT2D eigenvalue weighted by atomic mass is 9.76. The molecule has 168 valence electrons. The zero-order valence-electron chi connectivity index (χ0n) is 19.7. The summed E-state index contributed by atoms with van der Waals surface area (Å²) in [5, 5.41) is 20.6. The van der Waals surface area contributed by atoms with Gasteiger partial charge in [-0.05, 0) is 68.6 Å². The fourth-order valence-corrected chi connectivity index (χ4v) is 4.61. The second kappa shape index (κ2) is 9.89. The van der Waals surface area contributed by atoms with Gasteiger partial charge in [-0.15, -0.1) is 0 Å². The third-order valence-corrected chi connectivity index (χ3v) is 6.28. The Morgan fingerprint density at radius 2 is 1.93 bits per heavy atom. The number of benzene rings is 1. The maximum Gasteiger partial charge on any atom is 0.331 e. The van der Waals surface area contributed by atoms with Crippen LogP contribution in [0.5, 0.6) is 11.5 Å². The van der Waals surface area contributed by atoms with Crippen LogP contribution in [-0.4, -0.2) is 21.8 Å². The minimum Gasteiger partial charge on any atom is -0.508 e. The number of carboxylic acids is 1. The summed E-state index contributed by atoms with van der Waals surface area (Å²) in [6.07, 6.45) is 9.43. The number of aromatic hydroxyl groups is 1. The van der Waals surface area contributed by atoms with Crippen molar-refractivity contribution in [2.45, 2.75) is 110 Å². The number of unbranched alkanes of at least 4 members (excludes halogenated alkanes) is 3. The van der Waals surface area contributed by atoms with E-state index in [4.69, 9.17) is 4.74 Å². The highest BCUT2D eigenvalue weighted by atomic mass is 16.5. The second-order valence-corrected chi connectivity index (χ2v) is 10.0. The van der Waals surface area contributed by atoms with Crippen molar-refractivity contribution in [2.75, 3.05) is 0 Å². The molecule has 4 heteroatoms. The van der Waals surface area contributed by atoms with Gasteiger partial charge >= 0.3 is 5.97 Å². The minimum atomic E-state index is -0.882. The number of phenols is 1. The average molecular weight is 417 g/mol. The molecule has 1 unspecified atom stereocenters. The van der Waals surface area contributed by atoms with Crippen LogP contribution < -0.4 is 4.74 Å². The summed E-state index contributed by atoms with van der Waals surface area (Å²) in [5.74, 6) is -0.0358. The molecule has 0 fully saturated rings. The van der Waals surface area contributed by atoms with Crippen LogP contribution >= 0.6 is 0 Å². The van der Waals surface area contributed by atoms with E-state index < -0.39 is 11.6 Å². The van der Waals surface area contributed by atoms with Crippen LogP contribution in [0, 0.1) is 0 Å². The fourth-order valence-electron chi connectivity index (χ4n) is 4.61. The van der Waals surface area contributed by atoms with Crippen molar-refractivity contribution < 1.29 is 19.7 Å². The first kappa shape index (κ1) is 24.3. The van der Waals surface area contributed by atoms with Gasteiger partial charge in [-0.1, -0.05) is 59.5 Å². The molecule has 1 aliphatic heterocycles. The van der Waals surface area contributed by atoms with Crippen molar-refractivity contribution in [3.05, 3.63) is 34.9 Å². The number of ether oxygens (including phenoxy) is 1. The average Bonchev–Trinajstić information content (AvgIpc) is 2.63. The lowest BCUT2D eigenvalue weighted by Crippen LogP contribution is -2.35. The van der Waals surface area contributed by atoms with E-state index in [0.717, 1.165) is 24.0 Å². The molecule has 4 nitrogen and oxygen atoms in total. The molecule has 1 aromatic carbocycles. The molecule has 0 aliphatic carbocycles. The van der Waals surface area contributed by atoms with E-state index in [1.807, 2.05) is 26.8 Å². The predicted molar refractivity (Wildman–Crippen MR) is 123 cm³/mol. The maximum atomic E-state index is 11.7. The van der Waals surface area contributed by atoms with E-state index in [1.165, 1.54) is 19.3 Å². The van der Waals surface area contributed by atoms with Gasteiger partial charge in [0, 0.05) is 11.1 Å². The zero-order valence-corrected chi connectivity index (χ0v) is 19.7. The lowest BCUT2D eigenvalue weighted by molar-refractivity contribution is -0.132. The van der Waals surface area contributed by atoms with Crippen molar-refractivity contribution in [3.63, 3.8) is 0 Å². The summed E-state index contributed by atoms with van der Waals surface area (Å²) in [6.45, 7) is 12.7. The Morgan fingerprint density at radius 3 is 2.53 bits per heavy atom. The Balaban J connectivity index is 2.38. The zero-order chi connectivity index (χ0) is 22.5. The number of hydrogen-bond acceptors (Lipinski definition) is 3. The minimum absolute atomic E-state index is 0.0605. The van der Waals surface area contributed by atoms with E-state index in [2.05, 4.69) is 26.8 Å². The molecule has 0 aromatic heterocycles. The molecular formula is C26H40O4. The summed E-state index contributed by atoms with van der Waals surface area (Å²) in [4.78, 5) is 11.7. The molecule has 0 saturated carbocycles. The first-order valence-electron chi connectivity index (χ1n) is 11.5. The molecule has 30 heavy (non-hydrogen) atoms. The van der Waals surface area contributed by atoms with Crippen LogP contribution in [0.25, 0.3) is 0 Å². The lowest BCUT2D eigenvalue weighted by Gasteiger charge is -2.39. The summed E-state index contributed by atoms with van der Waals surface area (Å²) in [5.41, 5.74) is 1.77. The SMILES string of the molecule is CC/C=C(\CC1CC(C)(C)Oc2cc(C(C)(C)CCCCCC)cc(O)c21)C(=O)O. The van der Waals surface area contributed by atoms with Crippen molar-refractivity contribution >= 4 is 5.97 Å². The molecule has 0 bridgehead atoms. The van der Waals surface area contributed by atoms with Crippen LogP contribution in [0.2, 0.25) is 0 Å². The summed E-state index contributed by atoms with van der Waals surface area (Å²) in [6, 6.07) is 3.95. The van der Waals surface area contributed by atoms with E-state index in [-0.39, 0.29) is 17.1 Å². The number of hydrogen-bond donors (Lipinski definition) is 2. The van der Waals surface area contributed by atoms with Gasteiger partial charge in [0.15, 0.2) is 0 Å². The molecule has 1 atom stereocenters. The normalized spacial score (nSPS) is 18.6. The monoisotopic (exact) mass is 416 g/mol. The van der Waals surface area contributed by atoms with Crippen LogP contribution in [0.3, 0.4) is 0 Å². The molecule has 2 N–H and O–H groups in total. The van der Waals surface area contributed by atoms with Gasteiger partial charge in [-0.3, -0.25) is 0 Å². The highest BCUT2D eigenvalue weighted by Gasteiger charge is 2.37. The second-order valence-electron chi connectivity index (χ2n) is 10.0. The van der Waals surface area contributed by atoms with Gasteiger partial charge in [-0.2, -0.15) is 0 Å². The Kier molecular flexibility index (Phi) is 8.01. The molecule has 0 saturated heterocycles. The van der Waals surface area contributed by atoms with Crippen molar-refractivity contribution in [1.29, 1.82) is 0 Å². The van der Waals surface area contributed by atoms with Gasteiger partial charge in [0.05, 0.1) is 0 Å². The Hall–Kier alpha value is -1.97. The van der Waals surface area contributed by atoms with Gasteiger partial charge in [0.25, 0.3) is 0 Å². The maximum absolute atomic E-state index is 11.7. The van der Waals surface area contributed by atoms with E-state index in [1.54, 1.807) is 6.08 Å². The smallest absolute Gasteiger partial charge is 0.331 e. The molecule has 1 heterocycles. The fraction of sp³-hybridized carbons (Fsp3) is 0.654. The van der Waals surface area contributed by atoms with Crippen LogP contribution in [-0.2, 0) is 10.2 Å². The predicted octanol–water partition coefficient (Wildman–Crippen LogP) is 7.10. The Bertz CT molecular complexity index is 773. The van der Waals surface area contributed by atoms with Crippen molar-refractivity contribution in [2.24, 2.45) is 0 Å². The standard InChI is InChI=1S/C26H40O4/c1-7-9-10-11-13-25(3,4)20-15-21(27)23-19(14-18(12-8-2)24(28)29)17-26(5,6)30-22(23)16-20/h12,15-16,19,27H,7-11,13-14,17H2,1-6H3,(H,28,29)/b18-12+. The molecular weight excluding hydrogens is 376 g/mol. The van der Waals surface area contributed by atoms with Crippen molar-refractivity contribution in [3.8, 4) is 11.5 Å². The first-order chi connectivity index (χ1) is 14.0. The molecule has 1 aromatic rings. The van der Waals surface area contributed by atoms with Gasteiger partial charge in [0.2, 0.25) is 0 Å². The molecule has 0 spiro atoms. The van der Waals surface area contributed by atoms with Crippen molar-refractivity contribution in [1.82, 2.24) is 0 Å². The van der Waals surface area contributed by atoms with Gasteiger partial charge < -0.3 is 14.9 Å². The highest BCUT2D eigenvalue weighted by molar-refractivity contribution is 5.86. The quantitative estimate of drug-likeness (QED) is 0.315. The van der Waals surface area contributed by atoms with E-state index in [0.29, 0.717) is 30.6 Å². The van der Waals surface area contributed by atoms with Crippen LogP contribution in [0.15, 0.2) is 23.8 Å². The molecule has 1 aliphatic rings. The molecule has 0 amide bonds. The molecule has 2 rings (SSSR count). The van der Waals surface area contributed by atoms with E-state index >= 15 is 0 Å². The topological polar surface area (TPSA) is 66.8 Å². The number of carbonyl (C=O) groups is 1. The summed E-state index contributed by atoms with van der Waals surface area (Å²) >= 11 is 0. The number of carboxylic acid groups (broad SMARTS) is 1. The number of rotatable bonds is 10. The third-order valence-electron chi connectivity index (χ3n) is 6.28.